The summed E-state index contributed by atoms with van der Waals surface area (Å²) < 4.78 is 0. The Morgan fingerprint density at radius 1 is 1.44 bits per heavy atom. The molecule has 0 spiro atoms. The van der Waals surface area contributed by atoms with Crippen molar-refractivity contribution >= 4 is 11.8 Å². The third-order valence-corrected chi connectivity index (χ3v) is 4.33. The van der Waals surface area contributed by atoms with Gasteiger partial charge in [-0.25, -0.2) is 0 Å². The Hall–Kier alpha value is 0.270. The largest absolute Gasteiger partial charge is 0.312 e. The van der Waals surface area contributed by atoms with Crippen LogP contribution in [0.4, 0.5) is 0 Å². The first kappa shape index (κ1) is 14.3. The lowest BCUT2D eigenvalue weighted by Crippen LogP contribution is -2.45. The predicted octanol–water partition coefficient (Wildman–Crippen LogP) is 2.45. The standard InChI is InChI=1S/C13H28N2S/c1-5-12(10-16-4)15-8-6-7-14-13(9-15)11(2)3/h11-14H,5-10H2,1-4H3. The van der Waals surface area contributed by atoms with Crippen LogP contribution in [0.2, 0.25) is 0 Å². The van der Waals surface area contributed by atoms with E-state index in [1.54, 1.807) is 0 Å². The van der Waals surface area contributed by atoms with E-state index < -0.39 is 0 Å². The lowest BCUT2D eigenvalue weighted by atomic mass is 10.0. The Morgan fingerprint density at radius 2 is 2.19 bits per heavy atom. The van der Waals surface area contributed by atoms with Crippen molar-refractivity contribution in [2.24, 2.45) is 5.92 Å². The smallest absolute Gasteiger partial charge is 0.0218 e. The molecule has 0 amide bonds. The van der Waals surface area contributed by atoms with Gasteiger partial charge in [-0.1, -0.05) is 20.8 Å². The highest BCUT2D eigenvalue weighted by Crippen LogP contribution is 2.15. The zero-order chi connectivity index (χ0) is 12.0. The molecule has 96 valence electrons. The molecule has 0 aromatic rings. The van der Waals surface area contributed by atoms with Gasteiger partial charge >= 0.3 is 0 Å². The first-order chi connectivity index (χ1) is 7.69. The number of rotatable bonds is 5. The predicted molar refractivity (Wildman–Crippen MR) is 75.3 cm³/mol. The number of hydrogen-bond acceptors (Lipinski definition) is 3. The lowest BCUT2D eigenvalue weighted by Gasteiger charge is -2.32. The van der Waals surface area contributed by atoms with Crippen molar-refractivity contribution in [3.63, 3.8) is 0 Å². The molecule has 3 heteroatoms. The van der Waals surface area contributed by atoms with Gasteiger partial charge in [0.25, 0.3) is 0 Å². The number of nitrogens with one attached hydrogen (secondary N) is 1. The van der Waals surface area contributed by atoms with Gasteiger partial charge in [0.15, 0.2) is 0 Å². The summed E-state index contributed by atoms with van der Waals surface area (Å²) >= 11 is 1.98. The fourth-order valence-electron chi connectivity index (χ4n) is 2.43. The van der Waals surface area contributed by atoms with Crippen molar-refractivity contribution < 1.29 is 0 Å². The van der Waals surface area contributed by atoms with Gasteiger partial charge in [0, 0.05) is 24.4 Å². The molecule has 0 radical (unpaired) electrons. The molecule has 1 rings (SSSR count). The summed E-state index contributed by atoms with van der Waals surface area (Å²) in [5.74, 6) is 2.02. The molecule has 0 bridgehead atoms. The molecule has 0 aromatic carbocycles. The minimum absolute atomic E-state index is 0.679. The van der Waals surface area contributed by atoms with E-state index in [0.717, 1.165) is 12.0 Å². The van der Waals surface area contributed by atoms with Crippen LogP contribution in [0.25, 0.3) is 0 Å². The van der Waals surface area contributed by atoms with E-state index in [4.69, 9.17) is 0 Å². The average Bonchev–Trinajstić information content (AvgIpc) is 2.51. The highest BCUT2D eigenvalue weighted by Gasteiger charge is 2.24. The van der Waals surface area contributed by atoms with Gasteiger partial charge in [0.05, 0.1) is 0 Å². The van der Waals surface area contributed by atoms with Crippen molar-refractivity contribution in [1.82, 2.24) is 10.2 Å². The Morgan fingerprint density at radius 3 is 2.75 bits per heavy atom. The van der Waals surface area contributed by atoms with Crippen LogP contribution < -0.4 is 5.32 Å². The summed E-state index contributed by atoms with van der Waals surface area (Å²) in [4.78, 5) is 2.71. The van der Waals surface area contributed by atoms with E-state index in [1.807, 2.05) is 11.8 Å². The second-order valence-corrected chi connectivity index (χ2v) is 6.08. The van der Waals surface area contributed by atoms with Crippen LogP contribution in [-0.2, 0) is 0 Å². The first-order valence-corrected chi connectivity index (χ1v) is 8.04. The summed E-state index contributed by atoms with van der Waals surface area (Å²) in [6, 6.07) is 1.45. The lowest BCUT2D eigenvalue weighted by molar-refractivity contribution is 0.190. The van der Waals surface area contributed by atoms with Crippen molar-refractivity contribution in [1.29, 1.82) is 0 Å². The molecule has 1 fully saturated rings. The molecule has 2 nitrogen and oxygen atoms in total. The summed E-state index contributed by atoms with van der Waals surface area (Å²) in [5, 5.41) is 3.68. The van der Waals surface area contributed by atoms with Gasteiger partial charge in [-0.3, -0.25) is 4.90 Å². The molecule has 1 N–H and O–H groups in total. The van der Waals surface area contributed by atoms with E-state index in [9.17, 15) is 0 Å². The van der Waals surface area contributed by atoms with Gasteiger partial charge in [0.1, 0.15) is 0 Å². The number of hydrogen-bond donors (Lipinski definition) is 1. The summed E-state index contributed by atoms with van der Waals surface area (Å²) in [5.41, 5.74) is 0. The molecular formula is C13H28N2S. The summed E-state index contributed by atoms with van der Waals surface area (Å²) in [7, 11) is 0. The topological polar surface area (TPSA) is 15.3 Å². The minimum Gasteiger partial charge on any atom is -0.312 e. The number of nitrogens with zero attached hydrogens (tertiary/aromatic N) is 1. The summed E-state index contributed by atoms with van der Waals surface area (Å²) in [6.07, 6.45) is 4.80. The van der Waals surface area contributed by atoms with Crippen molar-refractivity contribution in [3.05, 3.63) is 0 Å². The highest BCUT2D eigenvalue weighted by atomic mass is 32.2. The van der Waals surface area contributed by atoms with Crippen LogP contribution >= 0.6 is 11.8 Å². The van der Waals surface area contributed by atoms with Crippen molar-refractivity contribution in [3.8, 4) is 0 Å². The molecule has 1 aliphatic heterocycles. The Balaban J connectivity index is 2.55. The summed E-state index contributed by atoms with van der Waals surface area (Å²) in [6.45, 7) is 10.7. The SMILES string of the molecule is CCC(CSC)N1CCCNC(C(C)C)C1. The van der Waals surface area contributed by atoms with Crippen molar-refractivity contribution in [2.45, 2.75) is 45.7 Å². The zero-order valence-corrected chi connectivity index (χ0v) is 12.1. The van der Waals surface area contributed by atoms with Crippen molar-refractivity contribution in [2.75, 3.05) is 31.6 Å². The second-order valence-electron chi connectivity index (χ2n) is 5.17. The van der Waals surface area contributed by atoms with Crippen LogP contribution in [-0.4, -0.2) is 48.6 Å². The molecule has 0 aromatic heterocycles. The van der Waals surface area contributed by atoms with Crippen LogP contribution in [0, 0.1) is 5.92 Å². The molecule has 0 aliphatic carbocycles. The monoisotopic (exact) mass is 244 g/mol. The maximum absolute atomic E-state index is 3.68. The molecule has 1 saturated heterocycles. The molecule has 1 heterocycles. The second kappa shape index (κ2) is 7.57. The quantitative estimate of drug-likeness (QED) is 0.800. The number of thioether (sulfide) groups is 1. The maximum atomic E-state index is 3.68. The van der Waals surface area contributed by atoms with Crippen LogP contribution in [0.5, 0.6) is 0 Å². The third kappa shape index (κ3) is 4.27. The van der Waals surface area contributed by atoms with E-state index in [1.165, 1.54) is 38.2 Å². The van der Waals surface area contributed by atoms with E-state index >= 15 is 0 Å². The third-order valence-electron chi connectivity index (χ3n) is 3.61. The Kier molecular flexibility index (Phi) is 6.78. The maximum Gasteiger partial charge on any atom is 0.0218 e. The molecule has 1 aliphatic rings. The van der Waals surface area contributed by atoms with Gasteiger partial charge in [-0.15, -0.1) is 0 Å². The van der Waals surface area contributed by atoms with Gasteiger partial charge < -0.3 is 5.32 Å². The van der Waals surface area contributed by atoms with Gasteiger partial charge in [-0.05, 0) is 38.1 Å². The molecular weight excluding hydrogens is 216 g/mol. The van der Waals surface area contributed by atoms with E-state index in [0.29, 0.717) is 6.04 Å². The minimum atomic E-state index is 0.679. The highest BCUT2D eigenvalue weighted by molar-refractivity contribution is 7.98. The zero-order valence-electron chi connectivity index (χ0n) is 11.3. The molecule has 2 unspecified atom stereocenters. The first-order valence-electron chi connectivity index (χ1n) is 6.65. The van der Waals surface area contributed by atoms with Crippen LogP contribution in [0.15, 0.2) is 0 Å². The van der Waals surface area contributed by atoms with Gasteiger partial charge in [-0.2, -0.15) is 11.8 Å². The van der Waals surface area contributed by atoms with Gasteiger partial charge in [0.2, 0.25) is 0 Å². The molecule has 0 saturated carbocycles. The Bertz CT molecular complexity index is 185. The van der Waals surface area contributed by atoms with Crippen LogP contribution in [0.3, 0.4) is 0 Å². The average molecular weight is 244 g/mol. The van der Waals surface area contributed by atoms with E-state index in [-0.39, 0.29) is 0 Å². The van der Waals surface area contributed by atoms with Crippen LogP contribution in [0.1, 0.15) is 33.6 Å². The fourth-order valence-corrected chi connectivity index (χ4v) is 3.26. The Labute approximate surface area is 106 Å². The molecule has 2 atom stereocenters. The molecule has 16 heavy (non-hydrogen) atoms. The normalized spacial score (nSPS) is 25.7. The van der Waals surface area contributed by atoms with E-state index in [2.05, 4.69) is 37.2 Å². The fraction of sp³-hybridized carbons (Fsp3) is 1.00.